The van der Waals surface area contributed by atoms with Gasteiger partial charge < -0.3 is 4.74 Å². The maximum atomic E-state index is 13.0. The number of fused-ring (bicyclic) bond motifs is 1. The van der Waals surface area contributed by atoms with Gasteiger partial charge in [-0.2, -0.15) is 0 Å². The summed E-state index contributed by atoms with van der Waals surface area (Å²) in [6.45, 7) is 1.32. The van der Waals surface area contributed by atoms with Gasteiger partial charge in [0.1, 0.15) is 0 Å². The van der Waals surface area contributed by atoms with E-state index in [2.05, 4.69) is 18.4 Å². The molecule has 7 heteroatoms. The summed E-state index contributed by atoms with van der Waals surface area (Å²) in [6.07, 6.45) is 7.69. The molecule has 4 nitrogen and oxygen atoms in total. The van der Waals surface area contributed by atoms with Crippen molar-refractivity contribution in [2.45, 2.75) is 23.8 Å². The highest BCUT2D eigenvalue weighted by molar-refractivity contribution is 7.98. The Morgan fingerprint density at radius 2 is 2.37 bits per heavy atom. The van der Waals surface area contributed by atoms with Crippen molar-refractivity contribution >= 4 is 61.8 Å². The van der Waals surface area contributed by atoms with E-state index >= 15 is 0 Å². The molecule has 1 aliphatic rings. The quantitative estimate of drug-likeness (QED) is 0.404. The lowest BCUT2D eigenvalue weighted by molar-refractivity contribution is -0.114. The molecule has 1 aromatic carbocycles. The number of hydrogen-bond donors (Lipinski definition) is 0. The summed E-state index contributed by atoms with van der Waals surface area (Å²) in [4.78, 5) is 21.7. The number of carbonyl (C=O) groups is 1. The molecule has 2 aromatic heterocycles. The minimum atomic E-state index is -0.0527. The number of carbonyl (C=O) groups excluding carboxylic acids is 1. The Balaban J connectivity index is 1.63. The van der Waals surface area contributed by atoms with E-state index in [9.17, 15) is 4.79 Å². The Hall–Kier alpha value is -1.67. The van der Waals surface area contributed by atoms with Gasteiger partial charge in [-0.05, 0) is 54.8 Å². The Kier molecular flexibility index (Phi) is 5.92. The largest absolute Gasteiger partial charge is 0.376 e. The number of ether oxygens (including phenoxy) is 1. The van der Waals surface area contributed by atoms with Crippen LogP contribution in [-0.4, -0.2) is 36.4 Å². The fourth-order valence-electron chi connectivity index (χ4n) is 3.02. The topological polar surface area (TPSA) is 42.4 Å². The number of thioether (sulfide) groups is 1. The van der Waals surface area contributed by atoms with E-state index in [-0.39, 0.29) is 12.0 Å². The van der Waals surface area contributed by atoms with Crippen LogP contribution in [0, 0.1) is 0 Å². The van der Waals surface area contributed by atoms with Crippen LogP contribution >= 0.6 is 34.4 Å². The van der Waals surface area contributed by atoms with Crippen molar-refractivity contribution in [3.63, 3.8) is 0 Å². The molecular weight excluding hydrogens is 396 g/mol. The summed E-state index contributed by atoms with van der Waals surface area (Å²) < 4.78 is 6.87. The van der Waals surface area contributed by atoms with E-state index < -0.39 is 0 Å². The van der Waals surface area contributed by atoms with E-state index in [1.54, 1.807) is 45.4 Å². The standard InChI is InChI=1S/C20H20N2O2S3/c1-25-16-6-8-17-18(12-16)27-20(21-17)22(13-14-4-2-10-24-14)19(23)9-7-15-5-3-11-26-15/h3,5-9,11-12,14H,2,4,10,13H2,1H3/b9-7+/t14-/m1/s1. The van der Waals surface area contributed by atoms with Gasteiger partial charge in [0.2, 0.25) is 0 Å². The predicted molar refractivity (Wildman–Crippen MR) is 116 cm³/mol. The molecule has 3 heterocycles. The third kappa shape index (κ3) is 4.43. The number of aromatic nitrogens is 1. The lowest BCUT2D eigenvalue weighted by Gasteiger charge is -2.21. The van der Waals surface area contributed by atoms with Gasteiger partial charge in [-0.1, -0.05) is 17.4 Å². The molecule has 27 heavy (non-hydrogen) atoms. The zero-order valence-electron chi connectivity index (χ0n) is 15.0. The molecule has 0 bridgehead atoms. The molecule has 1 atom stereocenters. The molecule has 0 saturated carbocycles. The van der Waals surface area contributed by atoms with Crippen molar-refractivity contribution in [1.29, 1.82) is 0 Å². The monoisotopic (exact) mass is 416 g/mol. The van der Waals surface area contributed by atoms with Crippen LogP contribution in [0.25, 0.3) is 16.3 Å². The van der Waals surface area contributed by atoms with E-state index in [0.717, 1.165) is 39.7 Å². The molecule has 1 amide bonds. The van der Waals surface area contributed by atoms with Crippen molar-refractivity contribution in [3.05, 3.63) is 46.7 Å². The van der Waals surface area contributed by atoms with Crippen LogP contribution < -0.4 is 4.90 Å². The maximum absolute atomic E-state index is 13.0. The van der Waals surface area contributed by atoms with Crippen LogP contribution in [0.1, 0.15) is 17.7 Å². The number of hydrogen-bond acceptors (Lipinski definition) is 6. The zero-order valence-corrected chi connectivity index (χ0v) is 17.4. The van der Waals surface area contributed by atoms with E-state index in [0.29, 0.717) is 6.54 Å². The molecule has 0 unspecified atom stereocenters. The Morgan fingerprint density at radius 3 is 3.11 bits per heavy atom. The van der Waals surface area contributed by atoms with E-state index in [1.807, 2.05) is 29.7 Å². The number of thiophene rings is 1. The van der Waals surface area contributed by atoms with Crippen molar-refractivity contribution in [3.8, 4) is 0 Å². The summed E-state index contributed by atoms with van der Waals surface area (Å²) >= 11 is 4.89. The Bertz CT molecular complexity index is 943. The zero-order chi connectivity index (χ0) is 18.6. The van der Waals surface area contributed by atoms with Gasteiger partial charge in [-0.3, -0.25) is 9.69 Å². The minimum absolute atomic E-state index is 0.0527. The summed E-state index contributed by atoms with van der Waals surface area (Å²) in [5, 5.41) is 2.74. The first-order valence-corrected chi connectivity index (χ1v) is 11.7. The fraction of sp³-hybridized carbons (Fsp3) is 0.300. The van der Waals surface area contributed by atoms with Crippen LogP contribution in [0.3, 0.4) is 0 Å². The molecule has 1 saturated heterocycles. The third-order valence-corrected chi connectivity index (χ3v) is 7.03. The number of amides is 1. The molecular formula is C20H20N2O2S3. The number of benzene rings is 1. The van der Waals surface area contributed by atoms with Gasteiger partial charge in [0.05, 0.1) is 22.9 Å². The first-order chi connectivity index (χ1) is 13.2. The van der Waals surface area contributed by atoms with Gasteiger partial charge in [0, 0.05) is 22.5 Å². The van der Waals surface area contributed by atoms with Crippen molar-refractivity contribution in [2.75, 3.05) is 24.3 Å². The SMILES string of the molecule is CSc1ccc2nc(N(C[C@H]3CCCO3)C(=O)/C=C/c3cccs3)sc2c1. The number of nitrogens with zero attached hydrogens (tertiary/aromatic N) is 2. The normalized spacial score (nSPS) is 17.1. The molecule has 0 aliphatic carbocycles. The van der Waals surface area contributed by atoms with E-state index in [1.165, 1.54) is 4.90 Å². The highest BCUT2D eigenvalue weighted by atomic mass is 32.2. The maximum Gasteiger partial charge on any atom is 0.252 e. The highest BCUT2D eigenvalue weighted by Crippen LogP contribution is 2.32. The molecule has 3 aromatic rings. The summed E-state index contributed by atoms with van der Waals surface area (Å²) in [6, 6.07) is 10.2. The van der Waals surface area contributed by atoms with Gasteiger partial charge in [0.15, 0.2) is 5.13 Å². The van der Waals surface area contributed by atoms with Crippen molar-refractivity contribution < 1.29 is 9.53 Å². The number of thiazole rings is 1. The lowest BCUT2D eigenvalue weighted by atomic mass is 10.2. The van der Waals surface area contributed by atoms with Gasteiger partial charge in [-0.15, -0.1) is 23.1 Å². The second-order valence-electron chi connectivity index (χ2n) is 6.26. The van der Waals surface area contributed by atoms with Crippen LogP contribution in [0.2, 0.25) is 0 Å². The molecule has 0 spiro atoms. The lowest BCUT2D eigenvalue weighted by Crippen LogP contribution is -2.36. The average molecular weight is 417 g/mol. The Labute approximate surface area is 170 Å². The van der Waals surface area contributed by atoms with Gasteiger partial charge >= 0.3 is 0 Å². The summed E-state index contributed by atoms with van der Waals surface area (Å²) in [7, 11) is 0. The second-order valence-corrected chi connectivity index (χ2v) is 9.13. The first kappa shape index (κ1) is 18.7. The van der Waals surface area contributed by atoms with Crippen molar-refractivity contribution in [1.82, 2.24) is 4.98 Å². The molecule has 1 fully saturated rings. The smallest absolute Gasteiger partial charge is 0.252 e. The molecule has 0 N–H and O–H groups in total. The number of anilines is 1. The molecule has 0 radical (unpaired) electrons. The van der Waals surface area contributed by atoms with Crippen LogP contribution in [0.5, 0.6) is 0 Å². The van der Waals surface area contributed by atoms with Crippen LogP contribution in [0.4, 0.5) is 5.13 Å². The average Bonchev–Trinajstić information content (AvgIpc) is 3.45. The predicted octanol–water partition coefficient (Wildman–Crippen LogP) is 5.31. The van der Waals surface area contributed by atoms with Crippen LogP contribution in [0.15, 0.2) is 46.7 Å². The molecule has 140 valence electrons. The van der Waals surface area contributed by atoms with E-state index in [4.69, 9.17) is 9.72 Å². The summed E-state index contributed by atoms with van der Waals surface area (Å²) in [5.74, 6) is -0.0527. The summed E-state index contributed by atoms with van der Waals surface area (Å²) in [5.41, 5.74) is 0.931. The molecule has 1 aliphatic heterocycles. The number of rotatable bonds is 6. The third-order valence-electron chi connectivity index (χ3n) is 4.42. The van der Waals surface area contributed by atoms with Crippen LogP contribution in [-0.2, 0) is 9.53 Å². The highest BCUT2D eigenvalue weighted by Gasteiger charge is 2.25. The first-order valence-electron chi connectivity index (χ1n) is 8.82. The van der Waals surface area contributed by atoms with Gasteiger partial charge in [-0.25, -0.2) is 4.98 Å². The molecule has 4 rings (SSSR count). The second kappa shape index (κ2) is 8.56. The van der Waals surface area contributed by atoms with Gasteiger partial charge in [0.25, 0.3) is 5.91 Å². The Morgan fingerprint density at radius 1 is 1.44 bits per heavy atom. The van der Waals surface area contributed by atoms with Crippen molar-refractivity contribution in [2.24, 2.45) is 0 Å². The minimum Gasteiger partial charge on any atom is -0.376 e. The fourth-order valence-corrected chi connectivity index (χ4v) is 5.17.